The molecule has 1 atom stereocenters. The van der Waals surface area contributed by atoms with Gasteiger partial charge in [-0.25, -0.2) is 18.0 Å². The van der Waals surface area contributed by atoms with E-state index in [1.807, 2.05) is 44.2 Å². The zero-order chi connectivity index (χ0) is 25.9. The van der Waals surface area contributed by atoms with E-state index in [4.69, 9.17) is 20.8 Å². The van der Waals surface area contributed by atoms with Gasteiger partial charge in [-0.1, -0.05) is 73.0 Å². The van der Waals surface area contributed by atoms with E-state index >= 15 is 0 Å². The van der Waals surface area contributed by atoms with Crippen molar-refractivity contribution in [1.82, 2.24) is 4.72 Å². The number of nitrogens with one attached hydrogen (secondary N) is 1. The molecule has 1 aromatic heterocycles. The molecular weight excluding hydrogens is 502 g/mol. The summed E-state index contributed by atoms with van der Waals surface area (Å²) in [6, 6.07) is 18.7. The highest BCUT2D eigenvalue weighted by Crippen LogP contribution is 2.35. The van der Waals surface area contributed by atoms with Gasteiger partial charge in [0, 0.05) is 17.5 Å². The van der Waals surface area contributed by atoms with Crippen molar-refractivity contribution in [3.8, 4) is 16.9 Å². The number of halogens is 1. The van der Waals surface area contributed by atoms with E-state index < -0.39 is 27.7 Å². The van der Waals surface area contributed by atoms with Crippen molar-refractivity contribution in [3.63, 3.8) is 0 Å². The minimum absolute atomic E-state index is 0.0426. The van der Waals surface area contributed by atoms with Gasteiger partial charge in [-0.05, 0) is 42.7 Å². The molecule has 9 heteroatoms. The molecule has 0 fully saturated rings. The van der Waals surface area contributed by atoms with Gasteiger partial charge in [0.1, 0.15) is 11.6 Å². The van der Waals surface area contributed by atoms with Crippen molar-refractivity contribution in [2.75, 3.05) is 0 Å². The maximum Gasteiger partial charge on any atom is 0.336 e. The molecule has 0 aliphatic heterocycles. The summed E-state index contributed by atoms with van der Waals surface area (Å²) < 4.78 is 38.9. The molecule has 0 spiro atoms. The van der Waals surface area contributed by atoms with Crippen LogP contribution in [-0.4, -0.2) is 20.4 Å². The molecule has 1 N–H and O–H groups in total. The minimum Gasteiger partial charge on any atom is -0.424 e. The highest BCUT2D eigenvalue weighted by molar-refractivity contribution is 7.89. The lowest BCUT2D eigenvalue weighted by Gasteiger charge is -2.18. The summed E-state index contributed by atoms with van der Waals surface area (Å²) in [7, 11) is -3.97. The molecule has 0 aliphatic carbocycles. The van der Waals surface area contributed by atoms with E-state index in [1.54, 1.807) is 18.2 Å². The molecule has 0 radical (unpaired) electrons. The van der Waals surface area contributed by atoms with Crippen LogP contribution >= 0.6 is 11.6 Å². The van der Waals surface area contributed by atoms with E-state index in [1.165, 1.54) is 24.3 Å². The number of esters is 1. The third kappa shape index (κ3) is 5.67. The predicted octanol–water partition coefficient (Wildman–Crippen LogP) is 5.47. The number of aryl methyl sites for hydroxylation is 1. The monoisotopic (exact) mass is 525 g/mol. The van der Waals surface area contributed by atoms with Gasteiger partial charge in [-0.3, -0.25) is 0 Å². The molecule has 186 valence electrons. The largest absolute Gasteiger partial charge is 0.424 e. The Labute approximate surface area is 213 Å². The van der Waals surface area contributed by atoms with Gasteiger partial charge in [0.2, 0.25) is 10.0 Å². The molecule has 0 saturated heterocycles. The van der Waals surface area contributed by atoms with Gasteiger partial charge in [-0.15, -0.1) is 0 Å². The zero-order valence-corrected chi connectivity index (χ0v) is 21.2. The van der Waals surface area contributed by atoms with Crippen LogP contribution in [0.2, 0.25) is 5.02 Å². The number of carbonyl (C=O) groups is 1. The number of hydrogen-bond donors (Lipinski definition) is 1. The fraction of sp³-hybridized carbons (Fsp3) is 0.185. The smallest absolute Gasteiger partial charge is 0.336 e. The Kier molecular flexibility index (Phi) is 7.59. The van der Waals surface area contributed by atoms with E-state index in [2.05, 4.69) is 4.72 Å². The number of rotatable bonds is 8. The number of benzene rings is 3. The molecule has 4 rings (SSSR count). The van der Waals surface area contributed by atoms with Gasteiger partial charge in [0.25, 0.3) is 0 Å². The predicted molar refractivity (Wildman–Crippen MR) is 139 cm³/mol. The summed E-state index contributed by atoms with van der Waals surface area (Å²) in [4.78, 5) is 25.3. The number of hydrogen-bond acceptors (Lipinski definition) is 6. The van der Waals surface area contributed by atoms with Crippen molar-refractivity contribution >= 4 is 38.6 Å². The molecule has 0 aliphatic rings. The fourth-order valence-corrected chi connectivity index (χ4v) is 5.19. The first-order chi connectivity index (χ1) is 17.2. The molecule has 7 nitrogen and oxygen atoms in total. The Bertz CT molecular complexity index is 1560. The van der Waals surface area contributed by atoms with Gasteiger partial charge in [0.05, 0.1) is 9.92 Å². The average Bonchev–Trinajstić information content (AvgIpc) is 2.85. The molecule has 4 aromatic rings. The lowest BCUT2D eigenvalue weighted by Crippen LogP contribution is -2.42. The van der Waals surface area contributed by atoms with Crippen molar-refractivity contribution in [3.05, 3.63) is 93.8 Å². The number of fused-ring (bicyclic) bond motifs is 1. The maximum atomic E-state index is 13.0. The van der Waals surface area contributed by atoms with Gasteiger partial charge in [0.15, 0.2) is 5.75 Å². The molecule has 0 bridgehead atoms. The molecular formula is C27H24ClNO6S. The SMILES string of the molecule is CCC[C@@H](NS(=O)(=O)c1ccc(C)cc1)C(=O)Oc1cc2oc(=O)cc(-c3ccccc3)c2cc1Cl. The van der Waals surface area contributed by atoms with Crippen LogP contribution in [-0.2, 0) is 14.8 Å². The fourth-order valence-electron chi connectivity index (χ4n) is 3.76. The van der Waals surface area contributed by atoms with Crippen LogP contribution in [0.15, 0.2) is 86.9 Å². The average molecular weight is 526 g/mol. The highest BCUT2D eigenvalue weighted by Gasteiger charge is 2.27. The lowest BCUT2D eigenvalue weighted by atomic mass is 10.0. The normalized spacial score (nSPS) is 12.4. The van der Waals surface area contributed by atoms with Gasteiger partial charge < -0.3 is 9.15 Å². The van der Waals surface area contributed by atoms with E-state index in [0.29, 0.717) is 17.4 Å². The Morgan fingerprint density at radius 2 is 1.75 bits per heavy atom. The van der Waals surface area contributed by atoms with Crippen LogP contribution in [0.3, 0.4) is 0 Å². The summed E-state index contributed by atoms with van der Waals surface area (Å²) in [6.45, 7) is 3.67. The van der Waals surface area contributed by atoms with Crippen LogP contribution < -0.4 is 15.1 Å². The Hall–Kier alpha value is -3.46. The first kappa shape index (κ1) is 25.6. The van der Waals surface area contributed by atoms with Crippen LogP contribution in [0, 0.1) is 6.92 Å². The van der Waals surface area contributed by atoms with Crippen LogP contribution in [0.25, 0.3) is 22.1 Å². The minimum atomic E-state index is -3.97. The molecule has 0 amide bonds. The number of ether oxygens (including phenoxy) is 1. The van der Waals surface area contributed by atoms with Crippen LogP contribution in [0.1, 0.15) is 25.3 Å². The van der Waals surface area contributed by atoms with Gasteiger partial charge in [-0.2, -0.15) is 4.72 Å². The quantitative estimate of drug-likeness (QED) is 0.186. The van der Waals surface area contributed by atoms with E-state index in [0.717, 1.165) is 11.1 Å². The van der Waals surface area contributed by atoms with Crippen molar-refractivity contribution in [2.45, 2.75) is 37.6 Å². The number of sulfonamides is 1. The number of carbonyl (C=O) groups excluding carboxylic acids is 1. The first-order valence-electron chi connectivity index (χ1n) is 11.3. The Morgan fingerprint density at radius 3 is 2.42 bits per heavy atom. The van der Waals surface area contributed by atoms with Gasteiger partial charge >= 0.3 is 11.6 Å². The second-order valence-electron chi connectivity index (χ2n) is 8.32. The summed E-state index contributed by atoms with van der Waals surface area (Å²) in [5.74, 6) is -0.867. The van der Waals surface area contributed by atoms with E-state index in [-0.39, 0.29) is 27.7 Å². The topological polar surface area (TPSA) is 103 Å². The second-order valence-corrected chi connectivity index (χ2v) is 10.4. The lowest BCUT2D eigenvalue weighted by molar-refractivity contribution is -0.136. The molecule has 3 aromatic carbocycles. The van der Waals surface area contributed by atoms with Crippen molar-refractivity contribution in [1.29, 1.82) is 0 Å². The molecule has 1 heterocycles. The van der Waals surface area contributed by atoms with Crippen molar-refractivity contribution < 1.29 is 22.4 Å². The molecule has 0 saturated carbocycles. The van der Waals surface area contributed by atoms with Crippen LogP contribution in [0.5, 0.6) is 5.75 Å². The summed E-state index contributed by atoms with van der Waals surface area (Å²) in [6.07, 6.45) is 0.735. The third-order valence-corrected chi connectivity index (χ3v) is 7.37. The highest BCUT2D eigenvalue weighted by atomic mass is 35.5. The van der Waals surface area contributed by atoms with E-state index in [9.17, 15) is 18.0 Å². The Balaban J connectivity index is 1.64. The third-order valence-electron chi connectivity index (χ3n) is 5.58. The maximum absolute atomic E-state index is 13.0. The molecule has 0 unspecified atom stereocenters. The second kappa shape index (κ2) is 10.7. The summed E-state index contributed by atoms with van der Waals surface area (Å²) in [5, 5.41) is 0.675. The first-order valence-corrected chi connectivity index (χ1v) is 13.2. The molecule has 36 heavy (non-hydrogen) atoms. The summed E-state index contributed by atoms with van der Waals surface area (Å²) >= 11 is 6.44. The Morgan fingerprint density at radius 1 is 1.06 bits per heavy atom. The zero-order valence-electron chi connectivity index (χ0n) is 19.7. The van der Waals surface area contributed by atoms with Crippen LogP contribution in [0.4, 0.5) is 0 Å². The summed E-state index contributed by atoms with van der Waals surface area (Å²) in [5.41, 5.74) is 1.93. The van der Waals surface area contributed by atoms with Crippen molar-refractivity contribution in [2.24, 2.45) is 0 Å². The standard InChI is InChI=1S/C27H24ClNO6S/c1-3-7-23(29-36(32,33)19-12-10-17(2)11-13-19)27(31)35-25-16-24-21(14-22(25)28)20(15-26(30)34-24)18-8-5-4-6-9-18/h4-6,8-16,23,29H,3,7H2,1-2H3/t23-/m1/s1.